The quantitative estimate of drug-likeness (QED) is 0.500. The fourth-order valence-electron chi connectivity index (χ4n) is 1.00. The van der Waals surface area contributed by atoms with E-state index in [1.54, 1.807) is 6.08 Å². The first-order valence-electron chi connectivity index (χ1n) is 4.91. The lowest BCUT2D eigenvalue weighted by Gasteiger charge is -2.07. The van der Waals surface area contributed by atoms with Gasteiger partial charge in [-0.1, -0.05) is 37.3 Å². The van der Waals surface area contributed by atoms with E-state index < -0.39 is 12.2 Å². The molecule has 0 saturated carbocycles. The Labute approximate surface area is 102 Å². The van der Waals surface area contributed by atoms with Gasteiger partial charge in [-0.05, 0) is 18.1 Å². The van der Waals surface area contributed by atoms with Gasteiger partial charge in [0.25, 0.3) is 0 Å². The van der Waals surface area contributed by atoms with Crippen molar-refractivity contribution in [3.8, 4) is 0 Å². The highest BCUT2D eigenvalue weighted by Gasteiger charge is 2.03. The van der Waals surface area contributed by atoms with Gasteiger partial charge in [-0.3, -0.25) is 5.73 Å². The summed E-state index contributed by atoms with van der Waals surface area (Å²) in [5.41, 5.74) is 6.42. The minimum atomic E-state index is -0.516. The second-order valence-electron chi connectivity index (χ2n) is 3.13. The van der Waals surface area contributed by atoms with E-state index in [-0.39, 0.29) is 12.4 Å². The van der Waals surface area contributed by atoms with Gasteiger partial charge >= 0.3 is 5.97 Å². The highest BCUT2D eigenvalue weighted by molar-refractivity contribution is 5.87. The number of hydrogen-bond donors (Lipinski definition) is 1. The predicted molar refractivity (Wildman–Crippen MR) is 67.1 cm³/mol. The molecule has 1 aromatic carbocycles. The SMILES string of the molecule is CCC(N)OC(=O)C=Cc1ccccc1.Cl. The summed E-state index contributed by atoms with van der Waals surface area (Å²) >= 11 is 0. The zero-order valence-electron chi connectivity index (χ0n) is 9.13. The van der Waals surface area contributed by atoms with Gasteiger partial charge < -0.3 is 4.74 Å². The number of rotatable bonds is 4. The van der Waals surface area contributed by atoms with Crippen molar-refractivity contribution in [2.24, 2.45) is 5.73 Å². The highest BCUT2D eigenvalue weighted by Crippen LogP contribution is 2.01. The highest BCUT2D eigenvalue weighted by atomic mass is 35.5. The summed E-state index contributed by atoms with van der Waals surface area (Å²) in [5, 5.41) is 0. The Morgan fingerprint density at radius 2 is 2.06 bits per heavy atom. The van der Waals surface area contributed by atoms with E-state index in [0.29, 0.717) is 6.42 Å². The number of carbonyl (C=O) groups is 1. The topological polar surface area (TPSA) is 52.3 Å². The average molecular weight is 242 g/mol. The van der Waals surface area contributed by atoms with E-state index in [9.17, 15) is 4.79 Å². The Bertz CT molecular complexity index is 338. The lowest BCUT2D eigenvalue weighted by atomic mass is 10.2. The number of carbonyl (C=O) groups excluding carboxylic acids is 1. The first kappa shape index (κ1) is 14.7. The fraction of sp³-hybridized carbons (Fsp3) is 0.250. The zero-order valence-corrected chi connectivity index (χ0v) is 9.94. The van der Waals surface area contributed by atoms with E-state index in [1.807, 2.05) is 37.3 Å². The molecule has 0 fully saturated rings. The van der Waals surface area contributed by atoms with Crippen molar-refractivity contribution >= 4 is 24.5 Å². The summed E-state index contributed by atoms with van der Waals surface area (Å²) < 4.78 is 4.87. The van der Waals surface area contributed by atoms with Crippen LogP contribution in [-0.2, 0) is 9.53 Å². The molecule has 4 heteroatoms. The second-order valence-corrected chi connectivity index (χ2v) is 3.13. The maximum Gasteiger partial charge on any atom is 0.332 e. The molecule has 88 valence electrons. The van der Waals surface area contributed by atoms with Crippen LogP contribution in [0.15, 0.2) is 36.4 Å². The first-order chi connectivity index (χ1) is 7.22. The minimum Gasteiger partial charge on any atom is -0.444 e. The van der Waals surface area contributed by atoms with E-state index in [1.165, 1.54) is 6.08 Å². The number of esters is 1. The van der Waals surface area contributed by atoms with Crippen molar-refractivity contribution < 1.29 is 9.53 Å². The van der Waals surface area contributed by atoms with Crippen LogP contribution in [0, 0.1) is 0 Å². The van der Waals surface area contributed by atoms with Crippen molar-refractivity contribution in [3.63, 3.8) is 0 Å². The number of ether oxygens (including phenoxy) is 1. The standard InChI is InChI=1S/C12H15NO2.ClH/c1-2-11(13)15-12(14)9-8-10-6-4-3-5-7-10;/h3-9,11H,2,13H2,1H3;1H. The van der Waals surface area contributed by atoms with E-state index in [0.717, 1.165) is 5.56 Å². The van der Waals surface area contributed by atoms with Crippen LogP contribution < -0.4 is 5.73 Å². The molecule has 0 spiro atoms. The molecule has 0 amide bonds. The molecule has 16 heavy (non-hydrogen) atoms. The maximum atomic E-state index is 11.2. The van der Waals surface area contributed by atoms with Gasteiger partial charge in [-0.15, -0.1) is 12.4 Å². The van der Waals surface area contributed by atoms with E-state index in [2.05, 4.69) is 0 Å². The van der Waals surface area contributed by atoms with Gasteiger partial charge in [0.1, 0.15) is 0 Å². The molecule has 0 heterocycles. The van der Waals surface area contributed by atoms with Crippen LogP contribution in [0.2, 0.25) is 0 Å². The third-order valence-electron chi connectivity index (χ3n) is 1.88. The molecule has 0 aliphatic heterocycles. The molecule has 1 aromatic rings. The van der Waals surface area contributed by atoms with E-state index >= 15 is 0 Å². The number of nitrogens with two attached hydrogens (primary N) is 1. The van der Waals surface area contributed by atoms with Crippen LogP contribution in [0.3, 0.4) is 0 Å². The molecule has 0 aromatic heterocycles. The van der Waals surface area contributed by atoms with Crippen LogP contribution in [0.25, 0.3) is 6.08 Å². The lowest BCUT2D eigenvalue weighted by Crippen LogP contribution is -2.25. The molecular formula is C12H16ClNO2. The molecule has 0 aliphatic rings. The van der Waals surface area contributed by atoms with Crippen molar-refractivity contribution in [1.29, 1.82) is 0 Å². The van der Waals surface area contributed by atoms with Gasteiger partial charge in [0.2, 0.25) is 0 Å². The largest absolute Gasteiger partial charge is 0.444 e. The number of benzene rings is 1. The minimum absolute atomic E-state index is 0. The molecule has 1 rings (SSSR count). The van der Waals surface area contributed by atoms with Crippen molar-refractivity contribution in [3.05, 3.63) is 42.0 Å². The Kier molecular flexibility index (Phi) is 7.25. The predicted octanol–water partition coefficient (Wildman–Crippen LogP) is 2.36. The first-order valence-corrected chi connectivity index (χ1v) is 4.91. The monoisotopic (exact) mass is 241 g/mol. The molecule has 2 N–H and O–H groups in total. The molecule has 0 bridgehead atoms. The van der Waals surface area contributed by atoms with Gasteiger partial charge in [0.15, 0.2) is 6.23 Å². The number of halogens is 1. The summed E-state index contributed by atoms with van der Waals surface area (Å²) in [4.78, 5) is 11.2. The van der Waals surface area contributed by atoms with Crippen LogP contribution in [0.1, 0.15) is 18.9 Å². The summed E-state index contributed by atoms with van der Waals surface area (Å²) in [5.74, 6) is -0.409. The van der Waals surface area contributed by atoms with Gasteiger partial charge in [0.05, 0.1) is 0 Å². The van der Waals surface area contributed by atoms with Gasteiger partial charge in [0, 0.05) is 6.08 Å². The second kappa shape index (κ2) is 7.91. The van der Waals surface area contributed by atoms with Gasteiger partial charge in [-0.2, -0.15) is 0 Å². The third kappa shape index (κ3) is 5.53. The molecular weight excluding hydrogens is 226 g/mol. The Balaban J connectivity index is 0.00000225. The average Bonchev–Trinajstić information content (AvgIpc) is 2.27. The van der Waals surface area contributed by atoms with Crippen LogP contribution in [0.4, 0.5) is 0 Å². The maximum absolute atomic E-state index is 11.2. The van der Waals surface area contributed by atoms with Gasteiger partial charge in [-0.25, -0.2) is 4.79 Å². The zero-order chi connectivity index (χ0) is 11.1. The molecule has 0 saturated heterocycles. The Morgan fingerprint density at radius 3 is 2.62 bits per heavy atom. The van der Waals surface area contributed by atoms with Crippen molar-refractivity contribution in [2.75, 3.05) is 0 Å². The third-order valence-corrected chi connectivity index (χ3v) is 1.88. The van der Waals surface area contributed by atoms with Crippen molar-refractivity contribution in [2.45, 2.75) is 19.6 Å². The molecule has 1 unspecified atom stereocenters. The Hall–Kier alpha value is -1.32. The smallest absolute Gasteiger partial charge is 0.332 e. The van der Waals surface area contributed by atoms with E-state index in [4.69, 9.17) is 10.5 Å². The van der Waals surface area contributed by atoms with Crippen molar-refractivity contribution in [1.82, 2.24) is 0 Å². The van der Waals surface area contributed by atoms with Crippen LogP contribution >= 0.6 is 12.4 Å². The van der Waals surface area contributed by atoms with Crippen LogP contribution in [0.5, 0.6) is 0 Å². The summed E-state index contributed by atoms with van der Waals surface area (Å²) in [6.07, 6.45) is 3.18. The molecule has 0 radical (unpaired) electrons. The normalized spacial score (nSPS) is 11.9. The Morgan fingerprint density at radius 1 is 1.44 bits per heavy atom. The molecule has 3 nitrogen and oxygen atoms in total. The summed E-state index contributed by atoms with van der Waals surface area (Å²) in [6, 6.07) is 9.54. The molecule has 1 atom stereocenters. The number of hydrogen-bond acceptors (Lipinski definition) is 3. The molecule has 0 aliphatic carbocycles. The van der Waals surface area contributed by atoms with Crippen LogP contribution in [-0.4, -0.2) is 12.2 Å². The summed E-state index contributed by atoms with van der Waals surface area (Å²) in [6.45, 7) is 1.86. The lowest BCUT2D eigenvalue weighted by molar-refractivity contribution is -0.142. The fourth-order valence-corrected chi connectivity index (χ4v) is 1.00. The summed E-state index contributed by atoms with van der Waals surface area (Å²) in [7, 11) is 0.